The van der Waals surface area contributed by atoms with Gasteiger partial charge in [-0.1, -0.05) is 24.3 Å². The van der Waals surface area contributed by atoms with Crippen LogP contribution in [0.2, 0.25) is 0 Å². The molecule has 0 fully saturated rings. The average molecular weight is 584 g/mol. The number of imidazole rings is 1. The highest BCUT2D eigenvalue weighted by molar-refractivity contribution is 5.99. The third-order valence-corrected chi connectivity index (χ3v) is 6.71. The molecule has 43 heavy (non-hydrogen) atoms. The molecular weight excluding hydrogens is 558 g/mol. The Kier molecular flexibility index (Phi) is 7.21. The molecule has 5 rings (SSSR count). The molecule has 0 unspecified atom stereocenters. The van der Waals surface area contributed by atoms with E-state index in [2.05, 4.69) is 25.9 Å². The number of nitrogens with one attached hydrogen (secondary N) is 3. The molecule has 218 valence electrons. The van der Waals surface area contributed by atoms with Gasteiger partial charge in [0.2, 0.25) is 5.95 Å². The maximum Gasteiger partial charge on any atom is 0.335 e. The molecule has 0 aliphatic heterocycles. The van der Waals surface area contributed by atoms with E-state index < -0.39 is 34.7 Å². The van der Waals surface area contributed by atoms with Crippen molar-refractivity contribution in [1.82, 2.24) is 25.0 Å². The van der Waals surface area contributed by atoms with Crippen LogP contribution in [0.15, 0.2) is 64.2 Å². The maximum absolute atomic E-state index is 13.4. The van der Waals surface area contributed by atoms with Gasteiger partial charge in [-0.15, -0.1) is 0 Å². The minimum atomic E-state index is -1.07. The van der Waals surface area contributed by atoms with Crippen LogP contribution in [0.3, 0.4) is 0 Å². The van der Waals surface area contributed by atoms with Crippen LogP contribution in [0.1, 0.15) is 55.4 Å². The van der Waals surface area contributed by atoms with E-state index in [4.69, 9.17) is 22.3 Å². The average Bonchev–Trinajstić information content (AvgIpc) is 3.30. The van der Waals surface area contributed by atoms with E-state index >= 15 is 0 Å². The number of carboxylic acids is 1. The number of anilines is 5. The van der Waals surface area contributed by atoms with E-state index in [1.807, 2.05) is 0 Å². The fraction of sp³-hybridized carbons (Fsp3) is 0.107. The monoisotopic (exact) mass is 583 g/mol. The highest BCUT2D eigenvalue weighted by Crippen LogP contribution is 2.22. The summed E-state index contributed by atoms with van der Waals surface area (Å²) in [4.78, 5) is 69.0. The quantitative estimate of drug-likeness (QED) is 0.120. The lowest BCUT2D eigenvalue weighted by Crippen LogP contribution is -2.36. The van der Waals surface area contributed by atoms with Gasteiger partial charge in [-0.2, -0.15) is 4.98 Å². The third-order valence-electron chi connectivity index (χ3n) is 6.71. The summed E-state index contributed by atoms with van der Waals surface area (Å²) in [7, 11) is 0. The predicted octanol–water partition coefficient (Wildman–Crippen LogP) is 0.935. The fourth-order valence-electron chi connectivity index (χ4n) is 4.39. The minimum absolute atomic E-state index is 0.00513. The van der Waals surface area contributed by atoms with Crippen LogP contribution in [-0.4, -0.2) is 37.3 Å². The number of nitrogen functional groups attached to an aromatic ring is 3. The molecular formula is C28H25N9O6. The summed E-state index contributed by atoms with van der Waals surface area (Å²) in [6.07, 6.45) is 0. The number of aromatic carboxylic acids is 1. The summed E-state index contributed by atoms with van der Waals surface area (Å²) in [6.45, 7) is 1.75. The number of nitrogens with zero attached hydrogens (tertiary/aromatic N) is 3. The van der Waals surface area contributed by atoms with Crippen LogP contribution in [0, 0.1) is 0 Å². The number of hydrogen-bond donors (Lipinski definition) is 7. The van der Waals surface area contributed by atoms with Gasteiger partial charge in [-0.3, -0.25) is 23.6 Å². The molecule has 0 aliphatic rings. The Morgan fingerprint density at radius 2 is 1.67 bits per heavy atom. The first-order chi connectivity index (χ1) is 20.4. The van der Waals surface area contributed by atoms with Gasteiger partial charge in [-0.25, -0.2) is 9.78 Å². The SMILES string of the molecule is C[C@H](NC(=O)c1cc(C(=O)NCc2cccc(Nc3c(N)c(=O)c3=O)c2)nc2c(N)nc(N)n12)c1ccc(C(=O)O)cc1. The van der Waals surface area contributed by atoms with Gasteiger partial charge in [0.05, 0.1) is 11.6 Å². The highest BCUT2D eigenvalue weighted by Gasteiger charge is 2.23. The Bertz CT molecular complexity index is 1990. The van der Waals surface area contributed by atoms with Crippen LogP contribution in [0.4, 0.5) is 28.8 Å². The molecule has 3 aromatic carbocycles. The summed E-state index contributed by atoms with van der Waals surface area (Å²) < 4.78 is 1.23. The molecule has 0 aliphatic carbocycles. The number of carbonyl (C=O) groups is 3. The minimum Gasteiger partial charge on any atom is -0.478 e. The largest absolute Gasteiger partial charge is 0.478 e. The molecule has 2 amide bonds. The summed E-state index contributed by atoms with van der Waals surface area (Å²) in [5, 5.41) is 17.4. The number of nitrogens with two attached hydrogens (primary N) is 3. The number of fused-ring (bicyclic) bond motifs is 1. The number of carbonyl (C=O) groups excluding carboxylic acids is 2. The van der Waals surface area contributed by atoms with Crippen molar-refractivity contribution in [2.45, 2.75) is 19.5 Å². The second kappa shape index (κ2) is 11.0. The Morgan fingerprint density at radius 1 is 0.953 bits per heavy atom. The second-order valence-electron chi connectivity index (χ2n) is 9.62. The molecule has 1 atom stereocenters. The molecule has 0 spiro atoms. The lowest BCUT2D eigenvalue weighted by atomic mass is 10.1. The van der Waals surface area contributed by atoms with E-state index in [0.29, 0.717) is 16.8 Å². The lowest BCUT2D eigenvalue weighted by molar-refractivity contribution is 0.0696. The second-order valence-corrected chi connectivity index (χ2v) is 9.62. The molecule has 0 radical (unpaired) electrons. The zero-order valence-corrected chi connectivity index (χ0v) is 22.5. The van der Waals surface area contributed by atoms with Crippen molar-refractivity contribution in [2.75, 3.05) is 22.5 Å². The number of aromatic nitrogens is 3. The molecule has 15 nitrogen and oxygen atoms in total. The normalized spacial score (nSPS) is 11.7. The Morgan fingerprint density at radius 3 is 2.35 bits per heavy atom. The number of carboxylic acid groups (broad SMARTS) is 1. The summed E-state index contributed by atoms with van der Waals surface area (Å²) in [6, 6.07) is 13.5. The highest BCUT2D eigenvalue weighted by atomic mass is 16.4. The fourth-order valence-corrected chi connectivity index (χ4v) is 4.39. The molecule has 2 aromatic heterocycles. The van der Waals surface area contributed by atoms with Crippen LogP contribution in [0.25, 0.3) is 5.65 Å². The predicted molar refractivity (Wildman–Crippen MR) is 158 cm³/mol. The number of benzene rings is 2. The Hall–Kier alpha value is -6.25. The molecule has 2 heterocycles. The smallest absolute Gasteiger partial charge is 0.335 e. The molecule has 5 aromatic rings. The lowest BCUT2D eigenvalue weighted by Gasteiger charge is -2.16. The molecule has 10 N–H and O–H groups in total. The van der Waals surface area contributed by atoms with Gasteiger partial charge in [0, 0.05) is 12.2 Å². The first-order valence-corrected chi connectivity index (χ1v) is 12.8. The van der Waals surface area contributed by atoms with Gasteiger partial charge >= 0.3 is 5.97 Å². The van der Waals surface area contributed by atoms with E-state index in [0.717, 1.165) is 0 Å². The molecule has 0 saturated heterocycles. The number of amides is 2. The van der Waals surface area contributed by atoms with Gasteiger partial charge in [0.25, 0.3) is 22.7 Å². The first-order valence-electron chi connectivity index (χ1n) is 12.8. The van der Waals surface area contributed by atoms with Gasteiger partial charge in [0.1, 0.15) is 22.8 Å². The van der Waals surface area contributed by atoms with Crippen LogP contribution >= 0.6 is 0 Å². The zero-order valence-electron chi connectivity index (χ0n) is 22.5. The van der Waals surface area contributed by atoms with Gasteiger partial charge < -0.3 is 38.3 Å². The van der Waals surface area contributed by atoms with Crippen molar-refractivity contribution in [1.29, 1.82) is 0 Å². The van der Waals surface area contributed by atoms with Crippen molar-refractivity contribution in [3.05, 3.63) is 103 Å². The Labute approximate surface area is 242 Å². The van der Waals surface area contributed by atoms with Crippen LogP contribution in [0.5, 0.6) is 0 Å². The van der Waals surface area contributed by atoms with Crippen molar-refractivity contribution < 1.29 is 19.5 Å². The van der Waals surface area contributed by atoms with Crippen LogP contribution in [-0.2, 0) is 6.54 Å². The van der Waals surface area contributed by atoms with Gasteiger partial charge in [0.15, 0.2) is 11.5 Å². The summed E-state index contributed by atoms with van der Waals surface area (Å²) in [5.74, 6) is -2.51. The van der Waals surface area contributed by atoms with E-state index in [1.54, 1.807) is 43.3 Å². The number of hydrogen-bond acceptors (Lipinski definition) is 11. The maximum atomic E-state index is 13.4. The van der Waals surface area contributed by atoms with Crippen molar-refractivity contribution in [3.8, 4) is 0 Å². The standard InChI is InChI=1S/C28H25N9O6/c1-12(14-5-7-15(8-6-14)27(42)43)33-26(41)18-10-17(35-24-23(30)36-28(31)37(18)24)25(40)32-11-13-3-2-4-16(9-13)34-20-19(29)21(38)22(20)39/h2-10,12,34H,11,29-30H2,1H3,(H2,31,36)(H,32,40)(H,33,41)(H,42,43)/t12-/m0/s1. The Balaban J connectivity index is 1.35. The van der Waals surface area contributed by atoms with E-state index in [1.165, 1.54) is 22.6 Å². The zero-order chi connectivity index (χ0) is 31.0. The van der Waals surface area contributed by atoms with E-state index in [9.17, 15) is 24.0 Å². The summed E-state index contributed by atoms with van der Waals surface area (Å²) in [5.41, 5.74) is 17.6. The third kappa shape index (κ3) is 5.41. The topological polar surface area (TPSA) is 250 Å². The first kappa shape index (κ1) is 28.3. The summed E-state index contributed by atoms with van der Waals surface area (Å²) >= 11 is 0. The number of rotatable bonds is 9. The van der Waals surface area contributed by atoms with Crippen molar-refractivity contribution in [2.24, 2.45) is 0 Å². The van der Waals surface area contributed by atoms with Crippen LogP contribution < -0.4 is 44.0 Å². The molecule has 0 saturated carbocycles. The van der Waals surface area contributed by atoms with Gasteiger partial charge in [-0.05, 0) is 48.4 Å². The van der Waals surface area contributed by atoms with E-state index in [-0.39, 0.29) is 52.3 Å². The molecule has 0 bridgehead atoms. The van der Waals surface area contributed by atoms with Crippen molar-refractivity contribution in [3.63, 3.8) is 0 Å². The molecule has 15 heteroatoms. The van der Waals surface area contributed by atoms with Crippen molar-refractivity contribution >= 4 is 52.3 Å².